The second-order valence-electron chi connectivity index (χ2n) is 6.99. The first-order chi connectivity index (χ1) is 16.1. The van der Waals surface area contributed by atoms with Crippen molar-refractivity contribution in [3.63, 3.8) is 0 Å². The maximum absolute atomic E-state index is 13.0. The molecule has 4 rings (SSSR count). The van der Waals surface area contributed by atoms with Gasteiger partial charge in [-0.1, -0.05) is 12.1 Å². The summed E-state index contributed by atoms with van der Waals surface area (Å²) >= 11 is 3.10. The predicted octanol–water partition coefficient (Wildman–Crippen LogP) is 6.64. The smallest absolute Gasteiger partial charge is 0.257 e. The number of hydrogen-bond donors (Lipinski definition) is 2. The molecule has 0 aliphatic heterocycles. The lowest BCUT2D eigenvalue weighted by Gasteiger charge is -2.10. The van der Waals surface area contributed by atoms with E-state index in [1.807, 2.05) is 60.2 Å². The van der Waals surface area contributed by atoms with Gasteiger partial charge in [-0.2, -0.15) is 0 Å². The number of carbonyl (C=O) groups excluding carboxylic acids is 2. The van der Waals surface area contributed by atoms with Crippen molar-refractivity contribution in [2.24, 2.45) is 0 Å². The van der Waals surface area contributed by atoms with E-state index in [4.69, 9.17) is 4.74 Å². The van der Waals surface area contributed by atoms with Gasteiger partial charge in [-0.15, -0.1) is 22.7 Å². The van der Waals surface area contributed by atoms with Crippen molar-refractivity contribution < 1.29 is 14.3 Å². The Morgan fingerprint density at radius 2 is 1.52 bits per heavy atom. The number of thiophene rings is 2. The molecule has 2 aromatic heterocycles. The third-order valence-corrected chi connectivity index (χ3v) is 6.41. The van der Waals surface area contributed by atoms with Crippen LogP contribution in [-0.2, 0) is 4.79 Å². The zero-order chi connectivity index (χ0) is 23.0. The van der Waals surface area contributed by atoms with Gasteiger partial charge in [-0.3, -0.25) is 9.59 Å². The molecule has 166 valence electrons. The van der Waals surface area contributed by atoms with Crippen molar-refractivity contribution >= 4 is 57.5 Å². The minimum Gasteiger partial charge on any atom is -0.494 e. The number of carbonyl (C=O) groups is 2. The molecule has 0 unspecified atom stereocenters. The number of hydrogen-bond acceptors (Lipinski definition) is 5. The van der Waals surface area contributed by atoms with Crippen LogP contribution in [0, 0.1) is 0 Å². The molecule has 2 aromatic carbocycles. The van der Waals surface area contributed by atoms with Crippen molar-refractivity contribution in [3.8, 4) is 5.75 Å². The van der Waals surface area contributed by atoms with E-state index < -0.39 is 0 Å². The van der Waals surface area contributed by atoms with Crippen LogP contribution in [0.25, 0.3) is 11.6 Å². The summed E-state index contributed by atoms with van der Waals surface area (Å²) in [5, 5.41) is 9.72. The van der Waals surface area contributed by atoms with E-state index in [-0.39, 0.29) is 11.8 Å². The van der Waals surface area contributed by atoms with Gasteiger partial charge < -0.3 is 15.4 Å². The van der Waals surface area contributed by atoms with Crippen molar-refractivity contribution in [1.29, 1.82) is 0 Å². The minimum atomic E-state index is -0.228. The number of ether oxygens (including phenoxy) is 1. The Balaban J connectivity index is 1.43. The Morgan fingerprint density at radius 1 is 0.848 bits per heavy atom. The van der Waals surface area contributed by atoms with Crippen molar-refractivity contribution in [1.82, 2.24) is 0 Å². The van der Waals surface area contributed by atoms with Crippen LogP contribution in [0.5, 0.6) is 5.75 Å². The zero-order valence-corrected chi connectivity index (χ0v) is 19.5. The largest absolute Gasteiger partial charge is 0.494 e. The molecule has 0 aliphatic rings. The number of rotatable bonds is 8. The molecule has 2 amide bonds. The fraction of sp³-hybridized carbons (Fsp3) is 0.0769. The lowest BCUT2D eigenvalue weighted by Crippen LogP contribution is -2.14. The highest BCUT2D eigenvalue weighted by atomic mass is 32.1. The van der Waals surface area contributed by atoms with Gasteiger partial charge in [-0.25, -0.2) is 0 Å². The first-order valence-corrected chi connectivity index (χ1v) is 12.1. The summed E-state index contributed by atoms with van der Waals surface area (Å²) < 4.78 is 5.41. The average molecular weight is 475 g/mol. The summed E-state index contributed by atoms with van der Waals surface area (Å²) in [4.78, 5) is 27.5. The first-order valence-electron chi connectivity index (χ1n) is 10.4. The number of nitrogens with one attached hydrogen (secondary N) is 2. The maximum atomic E-state index is 13.0. The highest BCUT2D eigenvalue weighted by Crippen LogP contribution is 2.26. The van der Waals surface area contributed by atoms with Gasteiger partial charge in [-0.05, 0) is 84.4 Å². The Hall–Kier alpha value is -3.68. The molecular weight excluding hydrogens is 452 g/mol. The third-order valence-electron chi connectivity index (χ3n) is 4.69. The molecule has 33 heavy (non-hydrogen) atoms. The molecule has 0 atom stereocenters. The van der Waals surface area contributed by atoms with Crippen LogP contribution in [-0.4, -0.2) is 18.4 Å². The van der Waals surface area contributed by atoms with E-state index in [2.05, 4.69) is 10.6 Å². The van der Waals surface area contributed by atoms with Crippen molar-refractivity contribution in [3.05, 3.63) is 98.9 Å². The van der Waals surface area contributed by atoms with E-state index in [1.165, 1.54) is 11.3 Å². The molecule has 2 N–H and O–H groups in total. The molecular formula is C26H22N2O3S2. The summed E-state index contributed by atoms with van der Waals surface area (Å²) in [6.07, 6.45) is 1.89. The lowest BCUT2D eigenvalue weighted by molar-refractivity contribution is -0.111. The molecule has 7 heteroatoms. The van der Waals surface area contributed by atoms with E-state index in [1.54, 1.807) is 47.7 Å². The van der Waals surface area contributed by atoms with Crippen LogP contribution in [0.4, 0.5) is 11.4 Å². The Kier molecular flexibility index (Phi) is 7.34. The van der Waals surface area contributed by atoms with Crippen LogP contribution >= 0.6 is 22.7 Å². The molecule has 0 fully saturated rings. The summed E-state index contributed by atoms with van der Waals surface area (Å²) in [7, 11) is 0. The quantitative estimate of drug-likeness (QED) is 0.281. The fourth-order valence-corrected chi connectivity index (χ4v) is 4.50. The molecule has 0 saturated carbocycles. The van der Waals surface area contributed by atoms with E-state index >= 15 is 0 Å². The first kappa shape index (κ1) is 22.5. The average Bonchev–Trinajstić information content (AvgIpc) is 3.54. The Labute approximate surface area is 200 Å². The maximum Gasteiger partial charge on any atom is 0.257 e. The van der Waals surface area contributed by atoms with E-state index in [0.29, 0.717) is 29.1 Å². The monoisotopic (exact) mass is 474 g/mol. The molecule has 4 aromatic rings. The van der Waals surface area contributed by atoms with E-state index in [9.17, 15) is 9.59 Å². The molecule has 0 saturated heterocycles. The normalized spacial score (nSPS) is 11.1. The zero-order valence-electron chi connectivity index (χ0n) is 17.9. The number of amides is 2. The van der Waals surface area contributed by atoms with Gasteiger partial charge in [0.05, 0.1) is 12.2 Å². The second-order valence-corrected chi connectivity index (χ2v) is 8.92. The van der Waals surface area contributed by atoms with Crippen molar-refractivity contribution in [2.75, 3.05) is 17.2 Å². The predicted molar refractivity (Wildman–Crippen MR) is 137 cm³/mol. The van der Waals surface area contributed by atoms with Crippen LogP contribution in [0.2, 0.25) is 0 Å². The summed E-state index contributed by atoms with van der Waals surface area (Å²) in [5.41, 5.74) is 2.39. The van der Waals surface area contributed by atoms with Crippen LogP contribution in [0.3, 0.4) is 0 Å². The molecule has 0 radical (unpaired) electrons. The molecule has 0 spiro atoms. The number of benzene rings is 2. The molecule has 5 nitrogen and oxygen atoms in total. The van der Waals surface area contributed by atoms with E-state index in [0.717, 1.165) is 15.5 Å². The van der Waals surface area contributed by atoms with Gasteiger partial charge >= 0.3 is 0 Å². The summed E-state index contributed by atoms with van der Waals surface area (Å²) in [6.45, 7) is 2.51. The minimum absolute atomic E-state index is 0.197. The molecule has 2 heterocycles. The van der Waals surface area contributed by atoms with Gasteiger partial charge in [0, 0.05) is 26.7 Å². The van der Waals surface area contributed by atoms with Gasteiger partial charge in [0.2, 0.25) is 0 Å². The van der Waals surface area contributed by atoms with Crippen molar-refractivity contribution in [2.45, 2.75) is 6.92 Å². The highest BCUT2D eigenvalue weighted by Gasteiger charge is 2.14. The summed E-state index contributed by atoms with van der Waals surface area (Å²) in [5.74, 6) is 0.331. The standard InChI is InChI=1S/C26H22N2O3S2/c1-2-31-21-13-11-20(12-14-21)27-25(29)18-7-9-19(10-8-18)28-26(30)23(24-6-4-16-33-24)17-22-5-3-15-32-22/h3-17H,2H2,1H3,(H,27,29)(H,28,30)/b23-17+. The Morgan fingerprint density at radius 3 is 2.15 bits per heavy atom. The van der Waals surface area contributed by atoms with Gasteiger partial charge in [0.15, 0.2) is 0 Å². The number of anilines is 2. The molecule has 0 bridgehead atoms. The SMILES string of the molecule is CCOc1ccc(NC(=O)c2ccc(NC(=O)/C(=C/c3cccs3)c3cccs3)cc2)cc1. The fourth-order valence-electron chi connectivity index (χ4n) is 3.10. The second kappa shape index (κ2) is 10.8. The topological polar surface area (TPSA) is 67.4 Å². The van der Waals surface area contributed by atoms with Crippen LogP contribution in [0.15, 0.2) is 83.6 Å². The Bertz CT molecular complexity index is 1230. The van der Waals surface area contributed by atoms with Crippen LogP contribution in [0.1, 0.15) is 27.0 Å². The third kappa shape index (κ3) is 5.97. The van der Waals surface area contributed by atoms with Gasteiger partial charge in [0.1, 0.15) is 5.75 Å². The summed E-state index contributed by atoms with van der Waals surface area (Å²) in [6, 6.07) is 21.8. The molecule has 0 aliphatic carbocycles. The van der Waals surface area contributed by atoms with Crippen LogP contribution < -0.4 is 15.4 Å². The highest BCUT2D eigenvalue weighted by molar-refractivity contribution is 7.12. The lowest BCUT2D eigenvalue weighted by atomic mass is 10.1. The van der Waals surface area contributed by atoms with Gasteiger partial charge in [0.25, 0.3) is 11.8 Å².